The number of aryl methyl sites for hydroxylation is 3. The highest BCUT2D eigenvalue weighted by Gasteiger charge is 2.08. The molecule has 96 valence electrons. The van der Waals surface area contributed by atoms with E-state index in [9.17, 15) is 0 Å². The van der Waals surface area contributed by atoms with Crippen molar-refractivity contribution in [2.24, 2.45) is 0 Å². The second-order valence-electron chi connectivity index (χ2n) is 4.76. The van der Waals surface area contributed by atoms with Gasteiger partial charge in [0.05, 0.1) is 5.52 Å². The minimum atomic E-state index is 0.923. The predicted octanol–water partition coefficient (Wildman–Crippen LogP) is 4.19. The Labute approximate surface area is 121 Å². The normalized spacial score (nSPS) is 11.1. The third kappa shape index (κ3) is 2.56. The maximum atomic E-state index is 4.61. The van der Waals surface area contributed by atoms with Crippen LogP contribution in [0.3, 0.4) is 0 Å². The molecular formula is C16H15BrN2. The number of hydrogen-bond donors (Lipinski definition) is 0. The first-order valence-corrected chi connectivity index (χ1v) is 7.20. The molecule has 3 rings (SSSR count). The lowest BCUT2D eigenvalue weighted by Gasteiger charge is -2.03. The van der Waals surface area contributed by atoms with Crippen molar-refractivity contribution in [1.29, 1.82) is 0 Å². The second kappa shape index (κ2) is 5.17. The Morgan fingerprint density at radius 2 is 2.00 bits per heavy atom. The van der Waals surface area contributed by atoms with Crippen LogP contribution in [0, 0.1) is 6.92 Å². The lowest BCUT2D eigenvalue weighted by atomic mass is 10.1. The highest BCUT2D eigenvalue weighted by atomic mass is 79.9. The summed E-state index contributed by atoms with van der Waals surface area (Å²) < 4.78 is 3.08. The van der Waals surface area contributed by atoms with Crippen LogP contribution in [0.25, 0.3) is 5.52 Å². The van der Waals surface area contributed by atoms with E-state index < -0.39 is 0 Å². The average Bonchev–Trinajstić information content (AvgIpc) is 2.74. The number of imidazole rings is 1. The number of benzene rings is 1. The first-order chi connectivity index (χ1) is 9.24. The molecule has 0 aliphatic carbocycles. The van der Waals surface area contributed by atoms with Crippen molar-refractivity contribution in [2.45, 2.75) is 19.8 Å². The van der Waals surface area contributed by atoms with Crippen LogP contribution < -0.4 is 0 Å². The summed E-state index contributed by atoms with van der Waals surface area (Å²) in [6.45, 7) is 2.13. The van der Waals surface area contributed by atoms with Crippen LogP contribution in [-0.4, -0.2) is 9.38 Å². The zero-order chi connectivity index (χ0) is 13.2. The third-order valence-corrected chi connectivity index (χ3v) is 3.88. The molecule has 0 fully saturated rings. The van der Waals surface area contributed by atoms with E-state index in [0.29, 0.717) is 0 Å². The van der Waals surface area contributed by atoms with E-state index in [1.807, 2.05) is 12.1 Å². The smallest absolute Gasteiger partial charge is 0.132 e. The number of rotatable bonds is 3. The monoisotopic (exact) mass is 314 g/mol. The maximum absolute atomic E-state index is 4.61. The molecule has 2 nitrogen and oxygen atoms in total. The average molecular weight is 315 g/mol. The minimum Gasteiger partial charge on any atom is -0.303 e. The van der Waals surface area contributed by atoms with Gasteiger partial charge in [-0.25, -0.2) is 4.98 Å². The first kappa shape index (κ1) is 12.4. The Morgan fingerprint density at radius 1 is 1.11 bits per heavy atom. The molecule has 0 atom stereocenters. The zero-order valence-corrected chi connectivity index (χ0v) is 12.4. The number of aromatic nitrogens is 2. The van der Waals surface area contributed by atoms with Gasteiger partial charge in [-0.2, -0.15) is 0 Å². The topological polar surface area (TPSA) is 17.3 Å². The van der Waals surface area contributed by atoms with Gasteiger partial charge in [0.15, 0.2) is 0 Å². The van der Waals surface area contributed by atoms with Crippen molar-refractivity contribution < 1.29 is 0 Å². The van der Waals surface area contributed by atoms with Crippen LogP contribution in [0.15, 0.2) is 53.3 Å². The summed E-state index contributed by atoms with van der Waals surface area (Å²) in [5, 5.41) is 0. The molecule has 1 aromatic carbocycles. The van der Waals surface area contributed by atoms with E-state index in [1.165, 1.54) is 11.1 Å². The molecule has 0 aliphatic heterocycles. The van der Waals surface area contributed by atoms with Crippen LogP contribution >= 0.6 is 15.9 Å². The van der Waals surface area contributed by atoms with Crippen molar-refractivity contribution >= 4 is 21.4 Å². The molecule has 0 saturated heterocycles. The van der Waals surface area contributed by atoms with Crippen LogP contribution in [-0.2, 0) is 12.8 Å². The molecular weight excluding hydrogens is 300 g/mol. The molecule has 0 aliphatic rings. The van der Waals surface area contributed by atoms with Gasteiger partial charge in [-0.15, -0.1) is 0 Å². The lowest BCUT2D eigenvalue weighted by molar-refractivity contribution is 0.851. The Bertz CT molecular complexity index is 716. The zero-order valence-electron chi connectivity index (χ0n) is 10.8. The molecule has 19 heavy (non-hydrogen) atoms. The molecule has 3 aromatic rings. The summed E-state index contributed by atoms with van der Waals surface area (Å²) in [7, 11) is 0. The fraction of sp³-hybridized carbons (Fsp3) is 0.188. The van der Waals surface area contributed by atoms with Crippen LogP contribution in [0.5, 0.6) is 0 Å². The van der Waals surface area contributed by atoms with E-state index in [-0.39, 0.29) is 0 Å². The first-order valence-electron chi connectivity index (χ1n) is 6.41. The summed E-state index contributed by atoms with van der Waals surface area (Å²) >= 11 is 3.52. The SMILES string of the molecule is Cc1cccc(CCc2nc(Br)c3ccccn23)c1. The summed E-state index contributed by atoms with van der Waals surface area (Å²) in [4.78, 5) is 4.61. The van der Waals surface area contributed by atoms with E-state index in [1.54, 1.807) is 0 Å². The van der Waals surface area contributed by atoms with Gasteiger partial charge in [-0.3, -0.25) is 0 Å². The molecule has 2 aromatic heterocycles. The third-order valence-electron chi connectivity index (χ3n) is 3.30. The number of halogens is 1. The summed E-state index contributed by atoms with van der Waals surface area (Å²) in [6, 6.07) is 14.8. The van der Waals surface area contributed by atoms with Crippen molar-refractivity contribution in [2.75, 3.05) is 0 Å². The van der Waals surface area contributed by atoms with Crippen molar-refractivity contribution in [3.05, 3.63) is 70.2 Å². The van der Waals surface area contributed by atoms with Crippen molar-refractivity contribution in [3.63, 3.8) is 0 Å². The van der Waals surface area contributed by atoms with Gasteiger partial charge in [-0.05, 0) is 47.0 Å². The number of pyridine rings is 1. The van der Waals surface area contributed by atoms with Crippen LogP contribution in [0.1, 0.15) is 17.0 Å². The van der Waals surface area contributed by atoms with E-state index in [2.05, 4.69) is 68.8 Å². The van der Waals surface area contributed by atoms with Gasteiger partial charge in [0.1, 0.15) is 10.4 Å². The summed E-state index contributed by atoms with van der Waals surface area (Å²) in [6.07, 6.45) is 4.03. The lowest BCUT2D eigenvalue weighted by Crippen LogP contribution is -1.97. The molecule has 0 bridgehead atoms. The van der Waals surface area contributed by atoms with Gasteiger partial charge in [0, 0.05) is 12.6 Å². The molecule has 0 unspecified atom stereocenters. The molecule has 0 spiro atoms. The summed E-state index contributed by atoms with van der Waals surface area (Å²) in [5.74, 6) is 1.10. The molecule has 3 heteroatoms. The van der Waals surface area contributed by atoms with Crippen LogP contribution in [0.2, 0.25) is 0 Å². The van der Waals surface area contributed by atoms with Crippen molar-refractivity contribution in [3.8, 4) is 0 Å². The van der Waals surface area contributed by atoms with Gasteiger partial charge in [0.2, 0.25) is 0 Å². The van der Waals surface area contributed by atoms with Gasteiger partial charge < -0.3 is 4.40 Å². The largest absolute Gasteiger partial charge is 0.303 e. The Kier molecular flexibility index (Phi) is 3.38. The van der Waals surface area contributed by atoms with Gasteiger partial charge in [-0.1, -0.05) is 35.9 Å². The minimum absolute atomic E-state index is 0.923. The highest BCUT2D eigenvalue weighted by Crippen LogP contribution is 2.19. The van der Waals surface area contributed by atoms with Gasteiger partial charge in [0.25, 0.3) is 0 Å². The van der Waals surface area contributed by atoms with Crippen LogP contribution in [0.4, 0.5) is 0 Å². The Balaban J connectivity index is 1.86. The fourth-order valence-corrected chi connectivity index (χ4v) is 2.89. The predicted molar refractivity (Wildman–Crippen MR) is 81.5 cm³/mol. The summed E-state index contributed by atoms with van der Waals surface area (Å²) in [5.41, 5.74) is 3.80. The standard InChI is InChI=1S/C16H15BrN2/c1-12-5-4-6-13(11-12)8-9-15-18-16(17)14-7-2-3-10-19(14)15/h2-7,10-11H,8-9H2,1H3. The fourth-order valence-electron chi connectivity index (χ4n) is 2.36. The Hall–Kier alpha value is -1.61. The quantitative estimate of drug-likeness (QED) is 0.708. The molecule has 0 saturated carbocycles. The van der Waals surface area contributed by atoms with Gasteiger partial charge >= 0.3 is 0 Å². The molecule has 0 N–H and O–H groups in total. The molecule has 0 radical (unpaired) electrons. The molecule has 0 amide bonds. The maximum Gasteiger partial charge on any atom is 0.132 e. The highest BCUT2D eigenvalue weighted by molar-refractivity contribution is 9.10. The molecule has 2 heterocycles. The number of hydrogen-bond acceptors (Lipinski definition) is 1. The number of fused-ring (bicyclic) bond motifs is 1. The van der Waals surface area contributed by atoms with E-state index in [4.69, 9.17) is 0 Å². The second-order valence-corrected chi connectivity index (χ2v) is 5.51. The van der Waals surface area contributed by atoms with E-state index >= 15 is 0 Å². The Morgan fingerprint density at radius 3 is 2.84 bits per heavy atom. The number of nitrogens with zero attached hydrogens (tertiary/aromatic N) is 2. The van der Waals surface area contributed by atoms with Crippen molar-refractivity contribution in [1.82, 2.24) is 9.38 Å². The van der Waals surface area contributed by atoms with E-state index in [0.717, 1.165) is 28.8 Å².